The lowest BCUT2D eigenvalue weighted by Gasteiger charge is -2.21. The van der Waals surface area contributed by atoms with Crippen molar-refractivity contribution in [3.8, 4) is 0 Å². The normalized spacial score (nSPS) is 21.1. The van der Waals surface area contributed by atoms with Crippen LogP contribution in [-0.2, 0) is 4.79 Å². The summed E-state index contributed by atoms with van der Waals surface area (Å²) >= 11 is 0. The predicted octanol–water partition coefficient (Wildman–Crippen LogP) is 0.966. The Balaban J connectivity index is 2.21. The highest BCUT2D eigenvalue weighted by Crippen LogP contribution is 2.25. The van der Waals surface area contributed by atoms with Gasteiger partial charge in [-0.3, -0.25) is 9.78 Å². The van der Waals surface area contributed by atoms with Crippen molar-refractivity contribution in [3.05, 3.63) is 23.5 Å². The number of amides is 1. The highest BCUT2D eigenvalue weighted by molar-refractivity contribution is 5.77. The zero-order chi connectivity index (χ0) is 10.8. The summed E-state index contributed by atoms with van der Waals surface area (Å²) in [5.41, 5.74) is 8.43. The number of nitrogen functional groups attached to an aromatic ring is 1. The van der Waals surface area contributed by atoms with Gasteiger partial charge in [0.25, 0.3) is 0 Å². The molecular weight excluding hydrogens is 190 g/mol. The number of pyridine rings is 1. The Morgan fingerprint density at radius 1 is 1.60 bits per heavy atom. The van der Waals surface area contributed by atoms with Crippen molar-refractivity contribution in [1.29, 1.82) is 0 Å². The highest BCUT2D eigenvalue weighted by atomic mass is 16.1. The minimum Gasteiger partial charge on any atom is -0.397 e. The van der Waals surface area contributed by atoms with E-state index in [1.54, 1.807) is 6.20 Å². The van der Waals surface area contributed by atoms with Crippen LogP contribution in [-0.4, -0.2) is 17.4 Å². The minimum atomic E-state index is 0.113. The third-order valence-corrected chi connectivity index (χ3v) is 2.84. The van der Waals surface area contributed by atoms with Gasteiger partial charge in [0.15, 0.2) is 0 Å². The monoisotopic (exact) mass is 205 g/mol. The van der Waals surface area contributed by atoms with Crippen LogP contribution in [0.3, 0.4) is 0 Å². The molecule has 0 spiro atoms. The molecule has 1 saturated heterocycles. The van der Waals surface area contributed by atoms with Crippen molar-refractivity contribution in [2.45, 2.75) is 25.7 Å². The van der Waals surface area contributed by atoms with Crippen molar-refractivity contribution in [3.63, 3.8) is 0 Å². The van der Waals surface area contributed by atoms with Gasteiger partial charge in [0.05, 0.1) is 11.9 Å². The van der Waals surface area contributed by atoms with Gasteiger partial charge in [0, 0.05) is 24.6 Å². The molecule has 3 N–H and O–H groups in total. The number of aromatic nitrogens is 1. The summed E-state index contributed by atoms with van der Waals surface area (Å²) in [6.07, 6.45) is 3.18. The Kier molecular flexibility index (Phi) is 2.58. The van der Waals surface area contributed by atoms with Crippen molar-refractivity contribution in [2.75, 3.05) is 12.3 Å². The molecule has 1 atom stereocenters. The molecule has 1 aromatic heterocycles. The molecule has 1 aromatic rings. The Hall–Kier alpha value is -1.58. The molecule has 1 amide bonds. The summed E-state index contributed by atoms with van der Waals surface area (Å²) in [7, 11) is 0. The number of aryl methyl sites for hydroxylation is 1. The van der Waals surface area contributed by atoms with Crippen LogP contribution in [0.4, 0.5) is 5.69 Å². The van der Waals surface area contributed by atoms with E-state index < -0.39 is 0 Å². The second-order valence-corrected chi connectivity index (χ2v) is 4.01. The molecule has 0 aromatic carbocycles. The first kappa shape index (κ1) is 9.96. The molecule has 1 aliphatic heterocycles. The quantitative estimate of drug-likeness (QED) is 0.717. The van der Waals surface area contributed by atoms with E-state index in [2.05, 4.69) is 10.3 Å². The van der Waals surface area contributed by atoms with E-state index in [1.165, 1.54) is 0 Å². The first-order valence-corrected chi connectivity index (χ1v) is 5.15. The van der Waals surface area contributed by atoms with Gasteiger partial charge in [-0.2, -0.15) is 0 Å². The van der Waals surface area contributed by atoms with E-state index in [-0.39, 0.29) is 11.8 Å². The van der Waals surface area contributed by atoms with Crippen LogP contribution in [0.15, 0.2) is 12.3 Å². The second-order valence-electron chi connectivity index (χ2n) is 4.01. The van der Waals surface area contributed by atoms with E-state index in [4.69, 9.17) is 5.73 Å². The van der Waals surface area contributed by atoms with Crippen molar-refractivity contribution in [2.24, 2.45) is 0 Å². The van der Waals surface area contributed by atoms with Gasteiger partial charge in [-0.25, -0.2) is 0 Å². The average Bonchev–Trinajstić information content (AvgIpc) is 2.22. The summed E-state index contributed by atoms with van der Waals surface area (Å²) in [6.45, 7) is 2.71. The molecule has 0 bridgehead atoms. The molecular formula is C11H15N3O. The summed E-state index contributed by atoms with van der Waals surface area (Å²) in [5.74, 6) is 0.362. The van der Waals surface area contributed by atoms with Crippen LogP contribution in [0, 0.1) is 6.92 Å². The maximum absolute atomic E-state index is 11.2. The highest BCUT2D eigenvalue weighted by Gasteiger charge is 2.21. The largest absolute Gasteiger partial charge is 0.397 e. The summed E-state index contributed by atoms with van der Waals surface area (Å²) in [5, 5.41) is 2.82. The lowest BCUT2D eigenvalue weighted by Crippen LogP contribution is -2.32. The number of rotatable bonds is 1. The van der Waals surface area contributed by atoms with Crippen LogP contribution in [0.5, 0.6) is 0 Å². The second kappa shape index (κ2) is 3.88. The van der Waals surface area contributed by atoms with E-state index in [0.29, 0.717) is 12.1 Å². The lowest BCUT2D eigenvalue weighted by molar-refractivity contribution is -0.122. The predicted molar refractivity (Wildman–Crippen MR) is 58.4 cm³/mol. The fourth-order valence-electron chi connectivity index (χ4n) is 1.85. The van der Waals surface area contributed by atoms with Crippen LogP contribution in [0.25, 0.3) is 0 Å². The van der Waals surface area contributed by atoms with E-state index in [9.17, 15) is 4.79 Å². The molecule has 1 aliphatic rings. The molecule has 0 unspecified atom stereocenters. The van der Waals surface area contributed by atoms with Crippen molar-refractivity contribution < 1.29 is 4.79 Å². The first-order valence-electron chi connectivity index (χ1n) is 5.15. The Morgan fingerprint density at radius 3 is 3.07 bits per heavy atom. The molecule has 2 rings (SSSR count). The number of anilines is 1. The standard InChI is InChI=1S/C11H15N3O/c1-7-4-10(14-6-9(7)12)8-2-3-13-11(15)5-8/h4,6,8H,2-3,5,12H2,1H3,(H,13,15)/t8-/m0/s1. The smallest absolute Gasteiger partial charge is 0.220 e. The number of nitrogens with zero attached hydrogens (tertiary/aromatic N) is 1. The molecule has 0 saturated carbocycles. The van der Waals surface area contributed by atoms with Gasteiger partial charge in [-0.15, -0.1) is 0 Å². The van der Waals surface area contributed by atoms with E-state index in [0.717, 1.165) is 24.2 Å². The fraction of sp³-hybridized carbons (Fsp3) is 0.455. The van der Waals surface area contributed by atoms with Crippen LogP contribution in [0.2, 0.25) is 0 Å². The molecule has 15 heavy (non-hydrogen) atoms. The summed E-state index contributed by atoms with van der Waals surface area (Å²) < 4.78 is 0. The van der Waals surface area contributed by atoms with Crippen LogP contribution in [0.1, 0.15) is 30.0 Å². The molecule has 0 radical (unpaired) electrons. The maximum Gasteiger partial charge on any atom is 0.220 e. The zero-order valence-electron chi connectivity index (χ0n) is 8.79. The summed E-state index contributed by atoms with van der Waals surface area (Å²) in [6, 6.07) is 1.98. The third kappa shape index (κ3) is 2.09. The first-order chi connectivity index (χ1) is 7.16. The van der Waals surface area contributed by atoms with E-state index >= 15 is 0 Å². The van der Waals surface area contributed by atoms with Gasteiger partial charge in [-0.1, -0.05) is 0 Å². The van der Waals surface area contributed by atoms with Crippen molar-refractivity contribution in [1.82, 2.24) is 10.3 Å². The Morgan fingerprint density at radius 2 is 2.40 bits per heavy atom. The maximum atomic E-state index is 11.2. The van der Waals surface area contributed by atoms with E-state index in [1.807, 2.05) is 13.0 Å². The fourth-order valence-corrected chi connectivity index (χ4v) is 1.85. The van der Waals surface area contributed by atoms with Crippen LogP contribution >= 0.6 is 0 Å². The van der Waals surface area contributed by atoms with Gasteiger partial charge in [0.1, 0.15) is 0 Å². The van der Waals surface area contributed by atoms with Gasteiger partial charge in [0.2, 0.25) is 5.91 Å². The average molecular weight is 205 g/mol. The Labute approximate surface area is 88.9 Å². The van der Waals surface area contributed by atoms with Crippen molar-refractivity contribution >= 4 is 11.6 Å². The molecule has 1 fully saturated rings. The number of nitrogens with two attached hydrogens (primary N) is 1. The molecule has 4 nitrogen and oxygen atoms in total. The molecule has 0 aliphatic carbocycles. The topological polar surface area (TPSA) is 68.0 Å². The number of hydrogen-bond acceptors (Lipinski definition) is 3. The zero-order valence-corrected chi connectivity index (χ0v) is 8.79. The number of carbonyl (C=O) groups excluding carboxylic acids is 1. The SMILES string of the molecule is Cc1cc([C@H]2CCNC(=O)C2)ncc1N. The van der Waals surface area contributed by atoms with Gasteiger partial charge < -0.3 is 11.1 Å². The van der Waals surface area contributed by atoms with Gasteiger partial charge >= 0.3 is 0 Å². The minimum absolute atomic E-state index is 0.113. The number of nitrogens with one attached hydrogen (secondary N) is 1. The number of carbonyl (C=O) groups is 1. The van der Waals surface area contributed by atoms with Gasteiger partial charge in [-0.05, 0) is 25.0 Å². The molecule has 2 heterocycles. The lowest BCUT2D eigenvalue weighted by atomic mass is 9.93. The number of hydrogen-bond donors (Lipinski definition) is 2. The third-order valence-electron chi connectivity index (χ3n) is 2.84. The van der Waals surface area contributed by atoms with Crippen LogP contribution < -0.4 is 11.1 Å². The number of piperidine rings is 1. The summed E-state index contributed by atoms with van der Waals surface area (Å²) in [4.78, 5) is 15.5. The molecule has 80 valence electrons. The Bertz CT molecular complexity index is 389. The molecule has 4 heteroatoms.